The minimum atomic E-state index is -1.25. The fourth-order valence-corrected chi connectivity index (χ4v) is 4.09. The van der Waals surface area contributed by atoms with Crippen molar-refractivity contribution in [1.82, 2.24) is 9.78 Å². The summed E-state index contributed by atoms with van der Waals surface area (Å²) in [5.41, 5.74) is 0.814. The molecule has 1 saturated heterocycles. The molecule has 1 aromatic rings. The number of ether oxygens (including phenoxy) is 1. The molecule has 1 aliphatic rings. The van der Waals surface area contributed by atoms with Gasteiger partial charge in [0.25, 0.3) is 5.91 Å². The zero-order valence-electron chi connectivity index (χ0n) is 16.2. The molecule has 6 nitrogen and oxygen atoms in total. The lowest BCUT2D eigenvalue weighted by molar-refractivity contribution is -0.117. The van der Waals surface area contributed by atoms with E-state index in [-0.39, 0.29) is 11.3 Å². The van der Waals surface area contributed by atoms with Crippen molar-refractivity contribution in [3.05, 3.63) is 11.8 Å². The third kappa shape index (κ3) is 4.99. The number of aryl methyl sites for hydroxylation is 1. The van der Waals surface area contributed by atoms with Crippen LogP contribution in [0.15, 0.2) is 6.07 Å². The first kappa shape index (κ1) is 20.3. The van der Waals surface area contributed by atoms with Crippen LogP contribution in [-0.4, -0.2) is 44.0 Å². The van der Waals surface area contributed by atoms with Gasteiger partial charge in [-0.25, -0.2) is 0 Å². The van der Waals surface area contributed by atoms with E-state index in [0.717, 1.165) is 31.7 Å². The number of anilines is 1. The molecule has 1 amide bonds. The summed E-state index contributed by atoms with van der Waals surface area (Å²) in [5, 5.41) is 7.37. The van der Waals surface area contributed by atoms with Crippen molar-refractivity contribution in [2.24, 2.45) is 13.0 Å². The number of aromatic nitrogens is 2. The number of hydrogen-bond acceptors (Lipinski definition) is 4. The summed E-state index contributed by atoms with van der Waals surface area (Å²) in [7, 11) is 1.80. The Kier molecular flexibility index (Phi) is 6.22. The second kappa shape index (κ2) is 7.68. The summed E-state index contributed by atoms with van der Waals surface area (Å²) in [5.74, 6) is 1.31. The van der Waals surface area contributed by atoms with Crippen molar-refractivity contribution in [2.45, 2.75) is 57.6 Å². The molecule has 1 aliphatic heterocycles. The molecular formula is C18H31N3O3S. The standard InChI is InChI=1S/C18H31N3O3S/c1-17(2,3)14-11-15(21(6)20-14)19-16(22)18(4,5)25(23)12-13-7-9-24-10-8-13/h11,13H,7-10,12H2,1-6H3,(H,19,22). The minimum Gasteiger partial charge on any atom is -0.616 e. The van der Waals surface area contributed by atoms with E-state index in [9.17, 15) is 9.35 Å². The van der Waals surface area contributed by atoms with E-state index in [1.807, 2.05) is 6.07 Å². The third-order valence-electron chi connectivity index (χ3n) is 4.73. The van der Waals surface area contributed by atoms with E-state index in [1.54, 1.807) is 25.6 Å². The van der Waals surface area contributed by atoms with E-state index in [2.05, 4.69) is 31.2 Å². The Morgan fingerprint density at radius 1 is 1.36 bits per heavy atom. The monoisotopic (exact) mass is 369 g/mol. The van der Waals surface area contributed by atoms with Gasteiger partial charge in [0, 0.05) is 37.7 Å². The highest BCUT2D eigenvalue weighted by molar-refractivity contribution is 7.93. The summed E-state index contributed by atoms with van der Waals surface area (Å²) in [6.07, 6.45) is 1.83. The van der Waals surface area contributed by atoms with Crippen LogP contribution >= 0.6 is 0 Å². The van der Waals surface area contributed by atoms with Gasteiger partial charge in [-0.15, -0.1) is 0 Å². The topological polar surface area (TPSA) is 79.2 Å². The molecule has 1 atom stereocenters. The first-order valence-corrected chi connectivity index (χ1v) is 10.2. The molecule has 2 rings (SSSR count). The quantitative estimate of drug-likeness (QED) is 0.809. The summed E-state index contributed by atoms with van der Waals surface area (Å²) >= 11 is -1.25. The highest BCUT2D eigenvalue weighted by Crippen LogP contribution is 2.27. The van der Waals surface area contributed by atoms with Gasteiger partial charge >= 0.3 is 0 Å². The molecule has 0 aliphatic carbocycles. The van der Waals surface area contributed by atoms with Gasteiger partial charge in [-0.1, -0.05) is 20.8 Å². The lowest BCUT2D eigenvalue weighted by Crippen LogP contribution is -2.47. The smallest absolute Gasteiger partial charge is 0.281 e. The van der Waals surface area contributed by atoms with Gasteiger partial charge in [-0.2, -0.15) is 5.10 Å². The predicted molar refractivity (Wildman–Crippen MR) is 101 cm³/mol. The van der Waals surface area contributed by atoms with Crippen molar-refractivity contribution in [3.63, 3.8) is 0 Å². The van der Waals surface area contributed by atoms with Crippen molar-refractivity contribution in [3.8, 4) is 0 Å². The van der Waals surface area contributed by atoms with Crippen LogP contribution in [-0.2, 0) is 33.2 Å². The van der Waals surface area contributed by atoms with Crippen LogP contribution in [0.25, 0.3) is 0 Å². The summed E-state index contributed by atoms with van der Waals surface area (Å²) in [4.78, 5) is 12.8. The Balaban J connectivity index is 2.04. The number of amides is 1. The Labute approximate surface area is 153 Å². The third-order valence-corrected chi connectivity index (χ3v) is 6.83. The van der Waals surface area contributed by atoms with Gasteiger partial charge in [0.2, 0.25) is 0 Å². The molecule has 1 fully saturated rings. The highest BCUT2D eigenvalue weighted by atomic mass is 32.2. The Morgan fingerprint density at radius 3 is 2.48 bits per heavy atom. The largest absolute Gasteiger partial charge is 0.616 e. The number of carbonyl (C=O) groups excluding carboxylic acids is 1. The molecule has 1 unspecified atom stereocenters. The normalized spacial score (nSPS) is 18.2. The van der Waals surface area contributed by atoms with Crippen molar-refractivity contribution in [2.75, 3.05) is 24.3 Å². The summed E-state index contributed by atoms with van der Waals surface area (Å²) in [6.45, 7) is 11.2. The molecule has 0 radical (unpaired) electrons. The number of nitrogens with one attached hydrogen (secondary N) is 1. The van der Waals surface area contributed by atoms with Gasteiger partial charge < -0.3 is 14.6 Å². The van der Waals surface area contributed by atoms with Gasteiger partial charge in [0.1, 0.15) is 11.6 Å². The maximum atomic E-state index is 12.8. The van der Waals surface area contributed by atoms with Crippen LogP contribution in [0.2, 0.25) is 0 Å². The summed E-state index contributed by atoms with van der Waals surface area (Å²) < 4.78 is 18.9. The van der Waals surface area contributed by atoms with Gasteiger partial charge in [-0.3, -0.25) is 9.48 Å². The van der Waals surface area contributed by atoms with Gasteiger partial charge in [0.05, 0.1) is 5.69 Å². The molecular weight excluding hydrogens is 338 g/mol. The van der Waals surface area contributed by atoms with E-state index in [0.29, 0.717) is 17.5 Å². The average Bonchev–Trinajstić information content (AvgIpc) is 2.89. The second-order valence-corrected chi connectivity index (χ2v) is 10.4. The van der Waals surface area contributed by atoms with Crippen LogP contribution in [0.3, 0.4) is 0 Å². The van der Waals surface area contributed by atoms with Crippen LogP contribution < -0.4 is 5.32 Å². The number of carbonyl (C=O) groups is 1. The fraction of sp³-hybridized carbons (Fsp3) is 0.778. The molecule has 0 bridgehead atoms. The van der Waals surface area contributed by atoms with E-state index < -0.39 is 15.9 Å². The van der Waals surface area contributed by atoms with Crippen molar-refractivity contribution in [1.29, 1.82) is 0 Å². The molecule has 1 aromatic heterocycles. The predicted octanol–water partition coefficient (Wildman–Crippen LogP) is 2.61. The molecule has 2 heterocycles. The maximum absolute atomic E-state index is 12.8. The molecule has 7 heteroatoms. The molecule has 0 aromatic carbocycles. The maximum Gasteiger partial charge on any atom is 0.281 e. The van der Waals surface area contributed by atoms with Crippen LogP contribution in [0, 0.1) is 5.92 Å². The number of hydrogen-bond donors (Lipinski definition) is 1. The first-order valence-electron chi connectivity index (χ1n) is 8.84. The lowest BCUT2D eigenvalue weighted by Gasteiger charge is -2.31. The zero-order valence-corrected chi connectivity index (χ0v) is 17.0. The molecule has 25 heavy (non-hydrogen) atoms. The second-order valence-electron chi connectivity index (χ2n) is 8.32. The molecule has 142 valence electrons. The van der Waals surface area contributed by atoms with E-state index in [1.165, 1.54) is 0 Å². The fourth-order valence-electron chi connectivity index (χ4n) is 2.66. The van der Waals surface area contributed by atoms with Crippen LogP contribution in [0.5, 0.6) is 0 Å². The Bertz CT molecular complexity index is 601. The average molecular weight is 370 g/mol. The number of nitrogens with zero attached hydrogens (tertiary/aromatic N) is 2. The molecule has 0 spiro atoms. The van der Waals surface area contributed by atoms with Crippen LogP contribution in [0.4, 0.5) is 5.82 Å². The number of rotatable bonds is 5. The Morgan fingerprint density at radius 2 is 1.96 bits per heavy atom. The SMILES string of the molecule is Cn1nc(C(C)(C)C)cc1NC(=O)C(C)(C)[S+]([O-])CC1CCOCC1. The Hall–Kier alpha value is -1.05. The molecule has 1 N–H and O–H groups in total. The van der Waals surface area contributed by atoms with Gasteiger partial charge in [0.15, 0.2) is 4.75 Å². The highest BCUT2D eigenvalue weighted by Gasteiger charge is 2.41. The molecule has 0 saturated carbocycles. The van der Waals surface area contributed by atoms with Crippen molar-refractivity contribution < 1.29 is 14.1 Å². The van der Waals surface area contributed by atoms with Crippen molar-refractivity contribution >= 4 is 22.9 Å². The first-order chi connectivity index (χ1) is 11.5. The van der Waals surface area contributed by atoms with E-state index in [4.69, 9.17) is 4.74 Å². The van der Waals surface area contributed by atoms with E-state index >= 15 is 0 Å². The van der Waals surface area contributed by atoms with Gasteiger partial charge in [-0.05, 0) is 37.9 Å². The van der Waals surface area contributed by atoms with Crippen LogP contribution in [0.1, 0.15) is 53.2 Å². The zero-order chi connectivity index (χ0) is 18.8. The lowest BCUT2D eigenvalue weighted by atomic mass is 9.92. The minimum absolute atomic E-state index is 0.0951. The summed E-state index contributed by atoms with van der Waals surface area (Å²) in [6, 6.07) is 1.88.